The van der Waals surface area contributed by atoms with Gasteiger partial charge < -0.3 is 4.74 Å². The number of ketones is 1. The van der Waals surface area contributed by atoms with Crippen LogP contribution in [0.25, 0.3) is 0 Å². The molecule has 23 heavy (non-hydrogen) atoms. The van der Waals surface area contributed by atoms with Crippen LogP contribution in [0.3, 0.4) is 0 Å². The van der Waals surface area contributed by atoms with Crippen molar-refractivity contribution in [3.63, 3.8) is 0 Å². The van der Waals surface area contributed by atoms with Gasteiger partial charge in [-0.3, -0.25) is 4.79 Å². The minimum Gasteiger partial charge on any atom is -0.490 e. The molecule has 3 heteroatoms. The fourth-order valence-electron chi connectivity index (χ4n) is 2.97. The van der Waals surface area contributed by atoms with Crippen LogP contribution in [0.2, 0.25) is 0 Å². The van der Waals surface area contributed by atoms with E-state index in [9.17, 15) is 4.79 Å². The van der Waals surface area contributed by atoms with Gasteiger partial charge in [0.2, 0.25) is 0 Å². The van der Waals surface area contributed by atoms with Crippen molar-refractivity contribution in [1.29, 1.82) is 0 Å². The topological polar surface area (TPSA) is 26.3 Å². The Balaban J connectivity index is 2.02. The molecule has 0 amide bonds. The summed E-state index contributed by atoms with van der Waals surface area (Å²) in [6.07, 6.45) is 2.53. The average Bonchev–Trinajstić information content (AvgIpc) is 2.58. The smallest absolute Gasteiger partial charge is 0.171 e. The number of hydrogen-bond donors (Lipinski definition) is 0. The van der Waals surface area contributed by atoms with Crippen LogP contribution >= 0.6 is 11.8 Å². The number of carbonyl (C=O) groups is 1. The molecule has 0 aromatic heterocycles. The Labute approximate surface area is 141 Å². The van der Waals surface area contributed by atoms with Gasteiger partial charge in [-0.1, -0.05) is 43.8 Å². The van der Waals surface area contributed by atoms with Crippen LogP contribution in [0.5, 0.6) is 5.75 Å². The molecule has 0 bridgehead atoms. The van der Waals surface area contributed by atoms with E-state index in [0.717, 1.165) is 28.4 Å². The largest absolute Gasteiger partial charge is 0.490 e. The molecule has 1 heterocycles. The zero-order valence-electron chi connectivity index (χ0n) is 13.2. The van der Waals surface area contributed by atoms with Crippen molar-refractivity contribution in [3.05, 3.63) is 71.8 Å². The van der Waals surface area contributed by atoms with Gasteiger partial charge in [0.05, 0.1) is 0 Å². The molecule has 0 unspecified atom stereocenters. The summed E-state index contributed by atoms with van der Waals surface area (Å²) in [7, 11) is 0. The lowest BCUT2D eigenvalue weighted by Gasteiger charge is -2.23. The van der Waals surface area contributed by atoms with Gasteiger partial charge >= 0.3 is 0 Å². The van der Waals surface area contributed by atoms with Crippen LogP contribution in [-0.4, -0.2) is 12.4 Å². The Morgan fingerprint density at radius 1 is 1.30 bits per heavy atom. The monoisotopic (exact) mass is 324 g/mol. The molecule has 0 N–H and O–H groups in total. The number of fused-ring (bicyclic) bond motifs is 2. The summed E-state index contributed by atoms with van der Waals surface area (Å²) in [6.45, 7) is 6.21. The van der Waals surface area contributed by atoms with Crippen LogP contribution in [0.4, 0.5) is 0 Å². The first-order chi connectivity index (χ1) is 11.2. The van der Waals surface area contributed by atoms with E-state index < -0.39 is 0 Å². The number of carbonyl (C=O) groups excluding carboxylic acids is 1. The molecule has 0 spiro atoms. The Kier molecular flexibility index (Phi) is 4.87. The summed E-state index contributed by atoms with van der Waals surface area (Å²) in [5.41, 5.74) is 3.23. The van der Waals surface area contributed by atoms with Gasteiger partial charge in [-0.05, 0) is 35.7 Å². The number of thioether (sulfide) groups is 1. The molecule has 0 radical (unpaired) electrons. The lowest BCUT2D eigenvalue weighted by atomic mass is 9.86. The Bertz CT molecular complexity index is 736. The maximum absolute atomic E-state index is 13.0. The quantitative estimate of drug-likeness (QED) is 0.720. The van der Waals surface area contributed by atoms with Crippen molar-refractivity contribution in [2.24, 2.45) is 0 Å². The molecule has 3 rings (SSSR count). The minimum atomic E-state index is -0.0641. The number of ether oxygens (including phenoxy) is 1. The molecule has 0 aliphatic carbocycles. The van der Waals surface area contributed by atoms with Crippen LogP contribution in [0.15, 0.2) is 60.0 Å². The van der Waals surface area contributed by atoms with E-state index in [2.05, 4.69) is 25.6 Å². The van der Waals surface area contributed by atoms with Gasteiger partial charge in [0.1, 0.15) is 12.4 Å². The lowest BCUT2D eigenvalue weighted by molar-refractivity contribution is 0.0953. The minimum absolute atomic E-state index is 0.0641. The normalized spacial score (nSPS) is 16.7. The first kappa shape index (κ1) is 15.9. The first-order valence-electron chi connectivity index (χ1n) is 7.87. The summed E-state index contributed by atoms with van der Waals surface area (Å²) >= 11 is 1.70. The van der Waals surface area contributed by atoms with E-state index in [1.807, 2.05) is 30.3 Å². The summed E-state index contributed by atoms with van der Waals surface area (Å²) in [4.78, 5) is 14.0. The molecule has 0 fully saturated rings. The molecule has 118 valence electrons. The highest BCUT2D eigenvalue weighted by Crippen LogP contribution is 2.38. The second-order valence-corrected chi connectivity index (χ2v) is 6.59. The van der Waals surface area contributed by atoms with E-state index in [0.29, 0.717) is 6.61 Å². The average molecular weight is 324 g/mol. The maximum Gasteiger partial charge on any atom is 0.171 e. The van der Waals surface area contributed by atoms with E-state index in [-0.39, 0.29) is 11.7 Å². The van der Waals surface area contributed by atoms with Crippen molar-refractivity contribution < 1.29 is 9.53 Å². The van der Waals surface area contributed by atoms with E-state index >= 15 is 0 Å². The predicted octanol–water partition coefficient (Wildman–Crippen LogP) is 5.23. The molecule has 2 nitrogen and oxygen atoms in total. The molecule has 1 aliphatic heterocycles. The SMILES string of the molecule is C=CCOc1ccc2c(c1)SCc1ccccc1[C@H](CC)C2=O. The first-order valence-corrected chi connectivity index (χ1v) is 8.85. The van der Waals surface area contributed by atoms with Crippen molar-refractivity contribution in [2.75, 3.05) is 6.61 Å². The summed E-state index contributed by atoms with van der Waals surface area (Å²) in [5, 5.41) is 0. The third-order valence-electron chi connectivity index (χ3n) is 4.12. The summed E-state index contributed by atoms with van der Waals surface area (Å²) in [6, 6.07) is 14.0. The Hall–Kier alpha value is -2.00. The van der Waals surface area contributed by atoms with Crippen LogP contribution in [0, 0.1) is 0 Å². The van der Waals surface area contributed by atoms with Crippen LogP contribution in [0.1, 0.15) is 40.7 Å². The van der Waals surface area contributed by atoms with Crippen LogP contribution < -0.4 is 4.74 Å². The third kappa shape index (κ3) is 3.20. The van der Waals surface area contributed by atoms with Crippen molar-refractivity contribution in [3.8, 4) is 5.75 Å². The fourth-order valence-corrected chi connectivity index (χ4v) is 4.06. The standard InChI is InChI=1S/C20H20O2S/c1-3-11-22-15-9-10-18-19(12-15)23-13-14-7-5-6-8-17(14)16(4-2)20(18)21/h3,5-10,12,16H,1,4,11,13H2,2H3/t16-/m0/s1. The van der Waals surface area contributed by atoms with Gasteiger partial charge in [-0.25, -0.2) is 0 Å². The van der Waals surface area contributed by atoms with Crippen LogP contribution in [-0.2, 0) is 5.75 Å². The third-order valence-corrected chi connectivity index (χ3v) is 5.23. The molecule has 0 saturated carbocycles. The number of hydrogen-bond acceptors (Lipinski definition) is 3. The molecule has 1 atom stereocenters. The highest BCUT2D eigenvalue weighted by molar-refractivity contribution is 7.98. The zero-order valence-corrected chi connectivity index (χ0v) is 14.1. The summed E-state index contributed by atoms with van der Waals surface area (Å²) in [5.74, 6) is 1.80. The zero-order chi connectivity index (χ0) is 16.2. The van der Waals surface area contributed by atoms with Crippen molar-refractivity contribution in [1.82, 2.24) is 0 Å². The highest BCUT2D eigenvalue weighted by Gasteiger charge is 2.27. The number of Topliss-reactive ketones (excluding diaryl/α,β-unsaturated/α-hetero) is 1. The van der Waals surface area contributed by atoms with Gasteiger partial charge in [0.25, 0.3) is 0 Å². The van der Waals surface area contributed by atoms with Crippen molar-refractivity contribution >= 4 is 17.5 Å². The Morgan fingerprint density at radius 3 is 2.91 bits per heavy atom. The van der Waals surface area contributed by atoms with Gasteiger partial charge in [0, 0.05) is 22.1 Å². The molecule has 1 aliphatic rings. The fraction of sp³-hybridized carbons (Fsp3) is 0.250. The number of rotatable bonds is 4. The van der Waals surface area contributed by atoms with E-state index in [1.54, 1.807) is 17.8 Å². The molecular weight excluding hydrogens is 304 g/mol. The second kappa shape index (κ2) is 7.05. The Morgan fingerprint density at radius 2 is 2.13 bits per heavy atom. The second-order valence-electron chi connectivity index (χ2n) is 5.57. The molecule has 2 aromatic rings. The van der Waals surface area contributed by atoms with Crippen molar-refractivity contribution in [2.45, 2.75) is 29.9 Å². The lowest BCUT2D eigenvalue weighted by Crippen LogP contribution is -2.16. The van der Waals surface area contributed by atoms with Gasteiger partial charge in [-0.2, -0.15) is 0 Å². The summed E-state index contributed by atoms with van der Waals surface area (Å²) < 4.78 is 5.61. The van der Waals surface area contributed by atoms with E-state index in [1.165, 1.54) is 11.1 Å². The maximum atomic E-state index is 13.0. The van der Waals surface area contributed by atoms with E-state index in [4.69, 9.17) is 4.74 Å². The molecular formula is C20H20O2S. The predicted molar refractivity (Wildman–Crippen MR) is 95.5 cm³/mol. The van der Waals surface area contributed by atoms with Gasteiger partial charge in [-0.15, -0.1) is 11.8 Å². The highest BCUT2D eigenvalue weighted by atomic mass is 32.2. The number of benzene rings is 2. The molecule has 2 aromatic carbocycles. The molecule has 0 saturated heterocycles. The van der Waals surface area contributed by atoms with Gasteiger partial charge in [0.15, 0.2) is 5.78 Å².